The Kier molecular flexibility index (Phi) is 2.20. The van der Waals surface area contributed by atoms with Crippen molar-refractivity contribution in [2.24, 2.45) is 11.3 Å². The largest absolute Gasteiger partial charge is 0.301 e. The molecule has 0 amide bonds. The molecule has 1 heterocycles. The van der Waals surface area contributed by atoms with Gasteiger partial charge in [0.2, 0.25) is 0 Å². The maximum absolute atomic E-state index is 3.75. The molecule has 0 aromatic rings. The van der Waals surface area contributed by atoms with Crippen LogP contribution < -0.4 is 5.32 Å². The molecule has 0 aromatic carbocycles. The van der Waals surface area contributed by atoms with Crippen molar-refractivity contribution < 1.29 is 0 Å². The molecule has 76 valence electrons. The Balaban J connectivity index is 2.16. The molecule has 1 nitrogen and oxygen atoms in total. The predicted molar refractivity (Wildman–Crippen MR) is 60.0 cm³/mol. The summed E-state index contributed by atoms with van der Waals surface area (Å²) in [7, 11) is 0. The van der Waals surface area contributed by atoms with E-state index in [9.17, 15) is 0 Å². The summed E-state index contributed by atoms with van der Waals surface area (Å²) in [6, 6.07) is 0. The molecule has 2 rings (SSSR count). The van der Waals surface area contributed by atoms with Gasteiger partial charge in [0.25, 0.3) is 0 Å². The minimum Gasteiger partial charge on any atom is -0.301 e. The third-order valence-electron chi connectivity index (χ3n) is 3.50. The maximum Gasteiger partial charge on any atom is 0.0679 e. The molecule has 3 unspecified atom stereocenters. The number of nitrogens with one attached hydrogen (secondary N) is 1. The molecule has 1 saturated heterocycles. The third-order valence-corrected chi connectivity index (χ3v) is 5.18. The van der Waals surface area contributed by atoms with E-state index in [-0.39, 0.29) is 0 Å². The van der Waals surface area contributed by atoms with E-state index < -0.39 is 0 Å². The van der Waals surface area contributed by atoms with Crippen LogP contribution in [0.1, 0.15) is 40.5 Å². The summed E-state index contributed by atoms with van der Waals surface area (Å²) in [5.74, 6) is 0.831. The van der Waals surface area contributed by atoms with Crippen LogP contribution in [0, 0.1) is 11.3 Å². The minimum absolute atomic E-state index is 0.420. The first-order valence-corrected chi connectivity index (χ1v) is 6.24. The smallest absolute Gasteiger partial charge is 0.0679 e. The van der Waals surface area contributed by atoms with Crippen molar-refractivity contribution in [2.75, 3.05) is 6.54 Å². The number of hydrogen-bond acceptors (Lipinski definition) is 2. The summed E-state index contributed by atoms with van der Waals surface area (Å²) in [6.07, 6.45) is 2.72. The van der Waals surface area contributed by atoms with Crippen LogP contribution in [0.5, 0.6) is 0 Å². The maximum atomic E-state index is 3.75. The fraction of sp³-hybridized carbons (Fsp3) is 1.00. The van der Waals surface area contributed by atoms with Crippen LogP contribution in [0.4, 0.5) is 0 Å². The number of thioether (sulfide) groups is 1. The van der Waals surface area contributed by atoms with E-state index in [4.69, 9.17) is 0 Å². The molecule has 1 saturated carbocycles. The van der Waals surface area contributed by atoms with Crippen LogP contribution in [0.15, 0.2) is 0 Å². The third kappa shape index (κ3) is 1.63. The number of rotatable bonds is 0. The summed E-state index contributed by atoms with van der Waals surface area (Å²) in [4.78, 5) is 0.420. The van der Waals surface area contributed by atoms with Crippen molar-refractivity contribution in [3.8, 4) is 0 Å². The fourth-order valence-corrected chi connectivity index (χ4v) is 4.95. The Morgan fingerprint density at radius 3 is 2.38 bits per heavy atom. The molecule has 1 N–H and O–H groups in total. The molecule has 2 aliphatic rings. The number of hydrogen-bond donors (Lipinski definition) is 1. The first-order valence-electron chi connectivity index (χ1n) is 5.36. The average molecular weight is 199 g/mol. The van der Waals surface area contributed by atoms with E-state index in [2.05, 4.69) is 44.8 Å². The molecule has 2 fully saturated rings. The van der Waals surface area contributed by atoms with Crippen molar-refractivity contribution in [1.29, 1.82) is 0 Å². The Bertz CT molecular complexity index is 214. The highest BCUT2D eigenvalue weighted by atomic mass is 32.2. The highest BCUT2D eigenvalue weighted by Crippen LogP contribution is 2.55. The van der Waals surface area contributed by atoms with Gasteiger partial charge in [-0.25, -0.2) is 0 Å². The van der Waals surface area contributed by atoms with Crippen LogP contribution in [0.25, 0.3) is 0 Å². The quantitative estimate of drug-likeness (QED) is 0.644. The topological polar surface area (TPSA) is 12.0 Å². The standard InChI is InChI=1S/C11H21NS/c1-8-5-10(3,4)7-11(8)12-6-9(2)13-11/h8-9,12H,5-7H2,1-4H3. The van der Waals surface area contributed by atoms with Gasteiger partial charge in [0.15, 0.2) is 0 Å². The summed E-state index contributed by atoms with van der Waals surface area (Å²) in [5, 5.41) is 4.55. The molecule has 0 radical (unpaired) electrons. The van der Waals surface area contributed by atoms with E-state index in [1.807, 2.05) is 0 Å². The van der Waals surface area contributed by atoms with Crippen LogP contribution in [0.2, 0.25) is 0 Å². The zero-order valence-corrected chi connectivity index (χ0v) is 10.0. The second kappa shape index (κ2) is 2.90. The van der Waals surface area contributed by atoms with E-state index in [0.717, 1.165) is 11.2 Å². The van der Waals surface area contributed by atoms with Crippen LogP contribution in [-0.4, -0.2) is 16.7 Å². The second-order valence-electron chi connectivity index (χ2n) is 5.65. The normalized spacial score (nSPS) is 48.9. The second-order valence-corrected chi connectivity index (χ2v) is 7.41. The van der Waals surface area contributed by atoms with Crippen molar-refractivity contribution in [3.63, 3.8) is 0 Å². The molecule has 1 aliphatic heterocycles. The van der Waals surface area contributed by atoms with Gasteiger partial charge in [-0.1, -0.05) is 27.7 Å². The Morgan fingerprint density at radius 1 is 1.31 bits per heavy atom. The summed E-state index contributed by atoms with van der Waals surface area (Å²) in [6.45, 7) is 10.8. The molecule has 0 bridgehead atoms. The zero-order valence-electron chi connectivity index (χ0n) is 9.18. The van der Waals surface area contributed by atoms with Crippen LogP contribution in [-0.2, 0) is 0 Å². The van der Waals surface area contributed by atoms with E-state index in [0.29, 0.717) is 10.3 Å². The molecular weight excluding hydrogens is 178 g/mol. The fourth-order valence-electron chi connectivity index (χ4n) is 3.10. The molecule has 0 aromatic heterocycles. The lowest BCUT2D eigenvalue weighted by atomic mass is 9.91. The van der Waals surface area contributed by atoms with Gasteiger partial charge in [-0.15, -0.1) is 11.8 Å². The zero-order chi connectivity index (χ0) is 9.69. The lowest BCUT2D eigenvalue weighted by Crippen LogP contribution is -2.39. The monoisotopic (exact) mass is 199 g/mol. The van der Waals surface area contributed by atoms with Crippen LogP contribution in [0.3, 0.4) is 0 Å². The van der Waals surface area contributed by atoms with Gasteiger partial charge >= 0.3 is 0 Å². The van der Waals surface area contributed by atoms with E-state index in [1.54, 1.807) is 0 Å². The predicted octanol–water partition coefficient (Wildman–Crippen LogP) is 2.86. The lowest BCUT2D eigenvalue weighted by Gasteiger charge is -2.29. The summed E-state index contributed by atoms with van der Waals surface area (Å²) >= 11 is 2.17. The van der Waals surface area contributed by atoms with Gasteiger partial charge < -0.3 is 5.32 Å². The van der Waals surface area contributed by atoms with Crippen molar-refractivity contribution >= 4 is 11.8 Å². The van der Waals surface area contributed by atoms with Gasteiger partial charge in [0, 0.05) is 11.8 Å². The van der Waals surface area contributed by atoms with Crippen molar-refractivity contribution in [2.45, 2.75) is 50.7 Å². The Morgan fingerprint density at radius 2 is 2.00 bits per heavy atom. The molecule has 2 heteroatoms. The molecule has 3 atom stereocenters. The van der Waals surface area contributed by atoms with Gasteiger partial charge in [0.05, 0.1) is 4.87 Å². The van der Waals surface area contributed by atoms with Crippen LogP contribution >= 0.6 is 11.8 Å². The van der Waals surface area contributed by atoms with E-state index >= 15 is 0 Å². The van der Waals surface area contributed by atoms with Crippen molar-refractivity contribution in [1.82, 2.24) is 5.32 Å². The average Bonchev–Trinajstić information content (AvgIpc) is 2.39. The first-order chi connectivity index (χ1) is 5.94. The van der Waals surface area contributed by atoms with E-state index in [1.165, 1.54) is 19.4 Å². The van der Waals surface area contributed by atoms with Gasteiger partial charge in [-0.2, -0.15) is 0 Å². The molecule has 1 aliphatic carbocycles. The van der Waals surface area contributed by atoms with Crippen molar-refractivity contribution in [3.05, 3.63) is 0 Å². The molecule has 13 heavy (non-hydrogen) atoms. The Hall–Kier alpha value is 0.310. The molecular formula is C11H21NS. The van der Waals surface area contributed by atoms with Gasteiger partial charge in [-0.05, 0) is 24.2 Å². The SMILES string of the molecule is CC1CNC2(CC(C)(C)CC2C)S1. The highest BCUT2D eigenvalue weighted by molar-refractivity contribution is 8.01. The van der Waals surface area contributed by atoms with Gasteiger partial charge in [0.1, 0.15) is 0 Å². The Labute approximate surface area is 86.0 Å². The summed E-state index contributed by atoms with van der Waals surface area (Å²) in [5.41, 5.74) is 0.545. The lowest BCUT2D eigenvalue weighted by molar-refractivity contribution is 0.359. The molecule has 1 spiro atoms. The minimum atomic E-state index is 0.420. The van der Waals surface area contributed by atoms with Gasteiger partial charge in [-0.3, -0.25) is 0 Å². The summed E-state index contributed by atoms with van der Waals surface area (Å²) < 4.78 is 0. The first kappa shape index (κ1) is 9.85. The highest BCUT2D eigenvalue weighted by Gasteiger charge is 2.51.